The van der Waals surface area contributed by atoms with Crippen LogP contribution in [0.25, 0.3) is 10.9 Å². The molecular weight excluding hydrogens is 371 g/mol. The quantitative estimate of drug-likeness (QED) is 0.716. The van der Waals surface area contributed by atoms with Gasteiger partial charge >= 0.3 is 0 Å². The summed E-state index contributed by atoms with van der Waals surface area (Å²) in [5.41, 5.74) is 2.54. The second-order valence-electron chi connectivity index (χ2n) is 7.54. The third kappa shape index (κ3) is 4.38. The number of hydrogen-bond donors (Lipinski definition) is 1. The van der Waals surface area contributed by atoms with E-state index in [1.807, 2.05) is 31.2 Å². The number of pyridine rings is 1. The van der Waals surface area contributed by atoms with Gasteiger partial charge in [-0.25, -0.2) is 4.39 Å². The number of halogens is 1. The fourth-order valence-electron chi connectivity index (χ4n) is 3.72. The Morgan fingerprint density at radius 1 is 1.21 bits per heavy atom. The Labute approximate surface area is 168 Å². The van der Waals surface area contributed by atoms with Crippen molar-refractivity contribution in [3.8, 4) is 0 Å². The van der Waals surface area contributed by atoms with Crippen LogP contribution in [0, 0.1) is 12.7 Å². The molecule has 0 saturated carbocycles. The molecule has 0 unspecified atom stereocenters. The fourth-order valence-corrected chi connectivity index (χ4v) is 3.72. The molecule has 1 saturated heterocycles. The van der Waals surface area contributed by atoms with Gasteiger partial charge < -0.3 is 14.6 Å². The summed E-state index contributed by atoms with van der Waals surface area (Å²) < 4.78 is 19.0. The Bertz CT molecular complexity index is 1090. The standard InChI is InChI=1S/C23H23FN2O3/c1-15-4-9-21-17(11-15)12-18(22(27)25-21)13-26(14-20-3-2-10-29-20)23(28)16-5-7-19(24)8-6-16/h4-9,11-12,20H,2-3,10,13-14H2,1H3,(H,25,27)/t20-/m0/s1. The number of rotatable bonds is 5. The number of nitrogens with one attached hydrogen (secondary N) is 1. The van der Waals surface area contributed by atoms with E-state index in [9.17, 15) is 14.0 Å². The lowest BCUT2D eigenvalue weighted by Crippen LogP contribution is -2.38. The number of nitrogens with zero attached hydrogens (tertiary/aromatic N) is 1. The third-order valence-electron chi connectivity index (χ3n) is 5.26. The fraction of sp³-hybridized carbons (Fsp3) is 0.304. The minimum absolute atomic E-state index is 0.0545. The first-order valence-electron chi connectivity index (χ1n) is 9.78. The summed E-state index contributed by atoms with van der Waals surface area (Å²) in [6.45, 7) is 3.22. The van der Waals surface area contributed by atoms with E-state index in [-0.39, 0.29) is 24.1 Å². The summed E-state index contributed by atoms with van der Waals surface area (Å²) in [5.74, 6) is -0.641. The Balaban J connectivity index is 1.66. The number of benzene rings is 2. The lowest BCUT2D eigenvalue weighted by molar-refractivity contribution is 0.0506. The van der Waals surface area contributed by atoms with Gasteiger partial charge in [0.05, 0.1) is 12.6 Å². The molecule has 1 amide bonds. The van der Waals surface area contributed by atoms with E-state index in [2.05, 4.69) is 4.98 Å². The van der Waals surface area contributed by atoms with Gasteiger partial charge in [0.15, 0.2) is 0 Å². The molecule has 2 heterocycles. The van der Waals surface area contributed by atoms with Crippen molar-refractivity contribution in [2.45, 2.75) is 32.4 Å². The monoisotopic (exact) mass is 394 g/mol. The molecule has 4 rings (SSSR count). The summed E-state index contributed by atoms with van der Waals surface area (Å²) in [6, 6.07) is 13.1. The average molecular weight is 394 g/mol. The highest BCUT2D eigenvalue weighted by atomic mass is 19.1. The molecule has 0 radical (unpaired) electrons. The molecule has 1 atom stereocenters. The summed E-state index contributed by atoms with van der Waals surface area (Å²) >= 11 is 0. The molecular formula is C23H23FN2O3. The second-order valence-corrected chi connectivity index (χ2v) is 7.54. The zero-order valence-corrected chi connectivity index (χ0v) is 16.3. The molecule has 1 aliphatic rings. The number of H-pyrrole nitrogens is 1. The maximum Gasteiger partial charge on any atom is 0.254 e. The third-order valence-corrected chi connectivity index (χ3v) is 5.26. The van der Waals surface area contributed by atoms with Gasteiger partial charge in [0.2, 0.25) is 0 Å². The predicted octanol–water partition coefficient (Wildman–Crippen LogP) is 3.80. The van der Waals surface area contributed by atoms with Crippen LogP contribution in [-0.4, -0.2) is 35.0 Å². The van der Waals surface area contributed by atoms with Crippen LogP contribution in [0.5, 0.6) is 0 Å². The van der Waals surface area contributed by atoms with E-state index in [1.54, 1.807) is 4.90 Å². The molecule has 1 aromatic heterocycles. The van der Waals surface area contributed by atoms with Crippen molar-refractivity contribution >= 4 is 16.8 Å². The highest BCUT2D eigenvalue weighted by Gasteiger charge is 2.24. The normalized spacial score (nSPS) is 16.3. The summed E-state index contributed by atoms with van der Waals surface area (Å²) in [4.78, 5) is 30.2. The summed E-state index contributed by atoms with van der Waals surface area (Å²) in [5, 5.41) is 0.922. The summed E-state index contributed by atoms with van der Waals surface area (Å²) in [6.07, 6.45) is 1.78. The van der Waals surface area contributed by atoms with Crippen molar-refractivity contribution in [3.05, 3.63) is 81.4 Å². The van der Waals surface area contributed by atoms with Gasteiger partial charge in [-0.3, -0.25) is 9.59 Å². The second kappa shape index (κ2) is 8.17. The number of aromatic nitrogens is 1. The molecule has 0 aliphatic carbocycles. The first-order chi connectivity index (χ1) is 14.0. The van der Waals surface area contributed by atoms with Gasteiger partial charge in [-0.05, 0) is 67.6 Å². The van der Waals surface area contributed by atoms with E-state index < -0.39 is 5.82 Å². The number of hydrogen-bond acceptors (Lipinski definition) is 3. The molecule has 1 N–H and O–H groups in total. The number of fused-ring (bicyclic) bond motifs is 1. The van der Waals surface area contributed by atoms with Crippen LogP contribution in [0.3, 0.4) is 0 Å². The van der Waals surface area contributed by atoms with Crippen LogP contribution in [0.4, 0.5) is 4.39 Å². The number of aryl methyl sites for hydroxylation is 1. The number of aromatic amines is 1. The van der Waals surface area contributed by atoms with Crippen LogP contribution >= 0.6 is 0 Å². The molecule has 1 aliphatic heterocycles. The molecule has 0 spiro atoms. The lowest BCUT2D eigenvalue weighted by Gasteiger charge is -2.25. The molecule has 29 heavy (non-hydrogen) atoms. The predicted molar refractivity (Wildman–Crippen MR) is 109 cm³/mol. The maximum atomic E-state index is 13.3. The number of carbonyl (C=O) groups is 1. The lowest BCUT2D eigenvalue weighted by atomic mass is 10.1. The molecule has 150 valence electrons. The molecule has 3 aromatic rings. The van der Waals surface area contributed by atoms with E-state index in [0.29, 0.717) is 24.3 Å². The molecule has 0 bridgehead atoms. The number of ether oxygens (including phenoxy) is 1. The van der Waals surface area contributed by atoms with Crippen LogP contribution in [0.15, 0.2) is 53.3 Å². The van der Waals surface area contributed by atoms with Crippen molar-refractivity contribution < 1.29 is 13.9 Å². The average Bonchev–Trinajstić information content (AvgIpc) is 3.21. The Kier molecular flexibility index (Phi) is 5.45. The minimum atomic E-state index is -0.395. The zero-order chi connectivity index (χ0) is 20.4. The van der Waals surface area contributed by atoms with Crippen LogP contribution in [-0.2, 0) is 11.3 Å². The van der Waals surface area contributed by atoms with Gasteiger partial charge in [-0.2, -0.15) is 0 Å². The minimum Gasteiger partial charge on any atom is -0.376 e. The van der Waals surface area contributed by atoms with Gasteiger partial charge in [0, 0.05) is 29.8 Å². The van der Waals surface area contributed by atoms with Crippen molar-refractivity contribution in [1.29, 1.82) is 0 Å². The van der Waals surface area contributed by atoms with E-state index >= 15 is 0 Å². The zero-order valence-electron chi connectivity index (χ0n) is 16.3. The van der Waals surface area contributed by atoms with Crippen molar-refractivity contribution in [3.63, 3.8) is 0 Å². The first kappa shape index (κ1) is 19.3. The number of carbonyl (C=O) groups excluding carboxylic acids is 1. The number of amides is 1. The molecule has 6 heteroatoms. The molecule has 2 aromatic carbocycles. The van der Waals surface area contributed by atoms with E-state index in [0.717, 1.165) is 29.3 Å². The highest BCUT2D eigenvalue weighted by Crippen LogP contribution is 2.19. The van der Waals surface area contributed by atoms with Crippen LogP contribution in [0.1, 0.15) is 34.3 Å². The van der Waals surface area contributed by atoms with Crippen molar-refractivity contribution in [2.75, 3.05) is 13.2 Å². The Hall–Kier alpha value is -2.99. The maximum absolute atomic E-state index is 13.3. The Morgan fingerprint density at radius 2 is 2.00 bits per heavy atom. The molecule has 1 fully saturated rings. The van der Waals surface area contributed by atoms with E-state index in [1.165, 1.54) is 24.3 Å². The molecule has 5 nitrogen and oxygen atoms in total. The van der Waals surface area contributed by atoms with E-state index in [4.69, 9.17) is 4.74 Å². The smallest absolute Gasteiger partial charge is 0.254 e. The van der Waals surface area contributed by atoms with Gasteiger partial charge in [0.25, 0.3) is 11.5 Å². The largest absolute Gasteiger partial charge is 0.376 e. The van der Waals surface area contributed by atoms with Crippen LogP contribution in [0.2, 0.25) is 0 Å². The Morgan fingerprint density at radius 3 is 2.72 bits per heavy atom. The SMILES string of the molecule is Cc1ccc2[nH]c(=O)c(CN(C[C@@H]3CCCO3)C(=O)c3ccc(F)cc3)cc2c1. The van der Waals surface area contributed by atoms with Crippen LogP contribution < -0.4 is 5.56 Å². The topological polar surface area (TPSA) is 62.4 Å². The van der Waals surface area contributed by atoms with Gasteiger partial charge in [0.1, 0.15) is 5.82 Å². The highest BCUT2D eigenvalue weighted by molar-refractivity contribution is 5.94. The van der Waals surface area contributed by atoms with Crippen molar-refractivity contribution in [1.82, 2.24) is 9.88 Å². The van der Waals surface area contributed by atoms with Gasteiger partial charge in [-0.15, -0.1) is 0 Å². The van der Waals surface area contributed by atoms with Gasteiger partial charge in [-0.1, -0.05) is 11.6 Å². The van der Waals surface area contributed by atoms with Crippen molar-refractivity contribution in [2.24, 2.45) is 0 Å². The summed E-state index contributed by atoms with van der Waals surface area (Å²) in [7, 11) is 0. The first-order valence-corrected chi connectivity index (χ1v) is 9.78.